The van der Waals surface area contributed by atoms with Crippen molar-refractivity contribution in [2.45, 2.75) is 128 Å². The number of benzene rings is 2. The molecule has 0 amide bonds. The molecule has 2 aromatic carbocycles. The van der Waals surface area contributed by atoms with E-state index in [1.54, 1.807) is 0 Å². The molecule has 0 bridgehead atoms. The van der Waals surface area contributed by atoms with Crippen molar-refractivity contribution in [3.8, 4) is 0 Å². The molecule has 0 fully saturated rings. The van der Waals surface area contributed by atoms with Crippen LogP contribution in [0.3, 0.4) is 0 Å². The quantitative estimate of drug-likeness (QED) is 0.137. The van der Waals surface area contributed by atoms with Crippen LogP contribution in [0, 0.1) is 0 Å². The SMILES string of the molecule is CCCCCCCCCCCCCCCCC(c1nccn1C)C(C)(Cc1ccccc1)c1ccccc1. The summed E-state index contributed by atoms with van der Waals surface area (Å²) in [5.41, 5.74) is 2.80. The number of imidazole rings is 1. The maximum absolute atomic E-state index is 4.90. The van der Waals surface area contributed by atoms with Crippen molar-refractivity contribution >= 4 is 0 Å². The van der Waals surface area contributed by atoms with Crippen LogP contribution in [0.4, 0.5) is 0 Å². The molecule has 0 saturated carbocycles. The molecule has 1 aromatic heterocycles. The first-order valence-electron chi connectivity index (χ1n) is 15.7. The number of hydrogen-bond acceptors (Lipinski definition) is 1. The van der Waals surface area contributed by atoms with E-state index in [1.807, 2.05) is 6.20 Å². The van der Waals surface area contributed by atoms with E-state index in [0.29, 0.717) is 5.92 Å². The molecule has 2 unspecified atom stereocenters. The molecule has 0 spiro atoms. The number of rotatable bonds is 20. The molecular weight excluding hydrogens is 460 g/mol. The second-order valence-electron chi connectivity index (χ2n) is 11.8. The first-order valence-corrected chi connectivity index (χ1v) is 15.7. The van der Waals surface area contributed by atoms with Gasteiger partial charge in [0.1, 0.15) is 5.82 Å². The molecule has 38 heavy (non-hydrogen) atoms. The van der Waals surface area contributed by atoms with Gasteiger partial charge in [0.05, 0.1) is 0 Å². The number of unbranched alkanes of at least 4 members (excludes halogenated alkanes) is 13. The van der Waals surface area contributed by atoms with Crippen molar-refractivity contribution in [2.24, 2.45) is 7.05 Å². The van der Waals surface area contributed by atoms with Crippen LogP contribution in [-0.2, 0) is 18.9 Å². The fourth-order valence-electron chi connectivity index (χ4n) is 6.25. The third-order valence-corrected chi connectivity index (χ3v) is 8.63. The molecule has 0 aliphatic rings. The summed E-state index contributed by atoms with van der Waals surface area (Å²) in [4.78, 5) is 4.90. The highest BCUT2D eigenvalue weighted by Crippen LogP contribution is 2.44. The summed E-state index contributed by atoms with van der Waals surface area (Å²) < 4.78 is 2.25. The minimum atomic E-state index is -0.0156. The summed E-state index contributed by atoms with van der Waals surface area (Å²) >= 11 is 0. The van der Waals surface area contributed by atoms with E-state index in [9.17, 15) is 0 Å². The number of aromatic nitrogens is 2. The van der Waals surface area contributed by atoms with E-state index in [1.165, 1.54) is 113 Å². The van der Waals surface area contributed by atoms with Crippen molar-refractivity contribution in [1.82, 2.24) is 9.55 Å². The van der Waals surface area contributed by atoms with Crippen molar-refractivity contribution in [3.05, 3.63) is 90.0 Å². The lowest BCUT2D eigenvalue weighted by atomic mass is 9.66. The van der Waals surface area contributed by atoms with E-state index < -0.39 is 0 Å². The minimum Gasteiger partial charge on any atom is -0.338 e. The molecular formula is C36H54N2. The molecule has 0 aliphatic carbocycles. The Labute approximate surface area is 234 Å². The highest BCUT2D eigenvalue weighted by Gasteiger charge is 2.38. The molecule has 0 radical (unpaired) electrons. The van der Waals surface area contributed by atoms with Crippen LogP contribution in [0.2, 0.25) is 0 Å². The van der Waals surface area contributed by atoms with E-state index >= 15 is 0 Å². The standard InChI is InChI=1S/C36H54N2/c1-4-5-6-7-8-9-10-11-12-13-14-15-16-23-28-34(35-37-29-30-38(35)3)36(2,33-26-21-18-22-27-33)31-32-24-19-17-20-25-32/h17-22,24-27,29-30,34H,4-16,23,28,31H2,1-3H3. The van der Waals surface area contributed by atoms with Crippen LogP contribution in [0.5, 0.6) is 0 Å². The van der Waals surface area contributed by atoms with Crippen molar-refractivity contribution in [3.63, 3.8) is 0 Å². The topological polar surface area (TPSA) is 17.8 Å². The molecule has 208 valence electrons. The lowest BCUT2D eigenvalue weighted by Gasteiger charge is -2.39. The first kappa shape index (κ1) is 30.2. The van der Waals surface area contributed by atoms with Gasteiger partial charge in [-0.1, -0.05) is 164 Å². The predicted octanol–water partition coefficient (Wildman–Crippen LogP) is 10.6. The minimum absolute atomic E-state index is 0.0156. The number of aryl methyl sites for hydroxylation is 1. The summed E-state index contributed by atoms with van der Waals surface area (Å²) in [6.07, 6.45) is 25.9. The molecule has 2 atom stereocenters. The molecule has 0 aliphatic heterocycles. The Morgan fingerprint density at radius 2 is 1.18 bits per heavy atom. The third-order valence-electron chi connectivity index (χ3n) is 8.63. The van der Waals surface area contributed by atoms with Gasteiger partial charge >= 0.3 is 0 Å². The average molecular weight is 515 g/mol. The van der Waals surface area contributed by atoms with Crippen molar-refractivity contribution in [1.29, 1.82) is 0 Å². The van der Waals surface area contributed by atoms with E-state index in [2.05, 4.69) is 92.3 Å². The second kappa shape index (κ2) is 17.3. The van der Waals surface area contributed by atoms with Gasteiger partial charge in [-0.05, 0) is 24.0 Å². The zero-order chi connectivity index (χ0) is 26.9. The fraction of sp³-hybridized carbons (Fsp3) is 0.583. The van der Waals surface area contributed by atoms with Gasteiger partial charge in [0.2, 0.25) is 0 Å². The summed E-state index contributed by atoms with van der Waals surface area (Å²) in [5, 5.41) is 0. The van der Waals surface area contributed by atoms with Crippen LogP contribution in [0.1, 0.15) is 133 Å². The molecule has 2 nitrogen and oxygen atoms in total. The highest BCUT2D eigenvalue weighted by molar-refractivity contribution is 5.33. The van der Waals surface area contributed by atoms with Crippen LogP contribution in [0.15, 0.2) is 73.1 Å². The van der Waals surface area contributed by atoms with E-state index in [0.717, 1.165) is 6.42 Å². The Bertz CT molecular complexity index is 977. The fourth-order valence-corrected chi connectivity index (χ4v) is 6.25. The third kappa shape index (κ3) is 9.75. The van der Waals surface area contributed by atoms with Crippen LogP contribution >= 0.6 is 0 Å². The lowest BCUT2D eigenvalue weighted by molar-refractivity contribution is 0.326. The molecule has 3 aromatic rings. The molecule has 3 rings (SSSR count). The molecule has 2 heteroatoms. The van der Waals surface area contributed by atoms with Gasteiger partial charge in [0, 0.05) is 30.8 Å². The average Bonchev–Trinajstić information content (AvgIpc) is 3.37. The van der Waals surface area contributed by atoms with E-state index in [-0.39, 0.29) is 5.41 Å². The summed E-state index contributed by atoms with van der Waals surface area (Å²) in [6.45, 7) is 4.77. The maximum atomic E-state index is 4.90. The van der Waals surface area contributed by atoms with Gasteiger partial charge in [-0.15, -0.1) is 0 Å². The van der Waals surface area contributed by atoms with Crippen LogP contribution < -0.4 is 0 Å². The van der Waals surface area contributed by atoms with Gasteiger partial charge in [-0.25, -0.2) is 4.98 Å². The number of nitrogens with zero attached hydrogens (tertiary/aromatic N) is 2. The summed E-state index contributed by atoms with van der Waals surface area (Å²) in [7, 11) is 2.16. The highest BCUT2D eigenvalue weighted by atomic mass is 15.0. The Morgan fingerprint density at radius 1 is 0.684 bits per heavy atom. The summed E-state index contributed by atoms with van der Waals surface area (Å²) in [6, 6.07) is 22.2. The van der Waals surface area contributed by atoms with Gasteiger partial charge in [0.15, 0.2) is 0 Å². The zero-order valence-corrected chi connectivity index (χ0v) is 24.7. The Morgan fingerprint density at radius 3 is 1.68 bits per heavy atom. The lowest BCUT2D eigenvalue weighted by Crippen LogP contribution is -2.34. The largest absolute Gasteiger partial charge is 0.338 e. The zero-order valence-electron chi connectivity index (χ0n) is 24.7. The Balaban J connectivity index is 1.51. The van der Waals surface area contributed by atoms with Gasteiger partial charge in [0.25, 0.3) is 0 Å². The normalized spacial score (nSPS) is 13.9. The summed E-state index contributed by atoms with van der Waals surface area (Å²) in [5.74, 6) is 1.60. The second-order valence-corrected chi connectivity index (χ2v) is 11.8. The predicted molar refractivity (Wildman–Crippen MR) is 165 cm³/mol. The van der Waals surface area contributed by atoms with Gasteiger partial charge in [-0.2, -0.15) is 0 Å². The van der Waals surface area contributed by atoms with Crippen molar-refractivity contribution in [2.75, 3.05) is 0 Å². The van der Waals surface area contributed by atoms with Crippen molar-refractivity contribution < 1.29 is 0 Å². The maximum Gasteiger partial charge on any atom is 0.112 e. The van der Waals surface area contributed by atoms with Crippen LogP contribution in [-0.4, -0.2) is 9.55 Å². The first-order chi connectivity index (χ1) is 18.6. The van der Waals surface area contributed by atoms with Gasteiger partial charge in [-0.3, -0.25) is 0 Å². The monoisotopic (exact) mass is 514 g/mol. The Kier molecular flexibility index (Phi) is 13.7. The van der Waals surface area contributed by atoms with Gasteiger partial charge < -0.3 is 4.57 Å². The molecule has 0 N–H and O–H groups in total. The Hall–Kier alpha value is -2.35. The van der Waals surface area contributed by atoms with E-state index in [4.69, 9.17) is 4.98 Å². The molecule has 0 saturated heterocycles. The molecule has 1 heterocycles. The van der Waals surface area contributed by atoms with Crippen LogP contribution in [0.25, 0.3) is 0 Å². The number of hydrogen-bond donors (Lipinski definition) is 0. The smallest absolute Gasteiger partial charge is 0.112 e.